The zero-order valence-corrected chi connectivity index (χ0v) is 11.8. The minimum Gasteiger partial charge on any atom is -0.371 e. The van der Waals surface area contributed by atoms with Gasteiger partial charge in [-0.25, -0.2) is 4.39 Å². The number of allylic oxidation sites excluding steroid dienone is 1. The number of thiocarbonyl (C=S) groups is 1. The summed E-state index contributed by atoms with van der Waals surface area (Å²) in [5, 5.41) is 7.27. The molecule has 0 saturated carbocycles. The quantitative estimate of drug-likeness (QED) is 0.776. The van der Waals surface area contributed by atoms with E-state index in [1.54, 1.807) is 12.1 Å². The van der Waals surface area contributed by atoms with E-state index in [0.29, 0.717) is 11.0 Å². The van der Waals surface area contributed by atoms with Crippen molar-refractivity contribution in [1.82, 2.24) is 15.5 Å². The van der Waals surface area contributed by atoms with Crippen molar-refractivity contribution < 1.29 is 4.39 Å². The van der Waals surface area contributed by atoms with Gasteiger partial charge in [-0.2, -0.15) is 0 Å². The van der Waals surface area contributed by atoms with Gasteiger partial charge in [0.25, 0.3) is 0 Å². The van der Waals surface area contributed by atoms with E-state index >= 15 is 0 Å². The van der Waals surface area contributed by atoms with Gasteiger partial charge in [-0.15, -0.1) is 0 Å². The van der Waals surface area contributed by atoms with Crippen LogP contribution < -0.4 is 10.6 Å². The summed E-state index contributed by atoms with van der Waals surface area (Å²) < 4.78 is 13.5. The first-order valence-electron chi connectivity index (χ1n) is 7.04. The number of fused-ring (bicyclic) bond motifs is 2. The van der Waals surface area contributed by atoms with E-state index in [0.717, 1.165) is 18.7 Å². The second-order valence-electron chi connectivity index (χ2n) is 5.65. The first-order valence-corrected chi connectivity index (χ1v) is 7.45. The van der Waals surface area contributed by atoms with Crippen molar-refractivity contribution >= 4 is 17.3 Å². The minimum absolute atomic E-state index is 0.0300. The molecule has 4 aliphatic rings. The van der Waals surface area contributed by atoms with E-state index < -0.39 is 0 Å². The molecular weight excluding hydrogens is 273 g/mol. The third-order valence-electron chi connectivity index (χ3n) is 4.50. The summed E-state index contributed by atoms with van der Waals surface area (Å²) in [5.41, 5.74) is 3.45. The van der Waals surface area contributed by atoms with Gasteiger partial charge in [0.2, 0.25) is 0 Å². The summed E-state index contributed by atoms with van der Waals surface area (Å²) in [6.45, 7) is 2.18. The number of benzene rings is 1. The molecule has 1 atom stereocenters. The highest BCUT2D eigenvalue weighted by Crippen LogP contribution is 2.41. The predicted octanol–water partition coefficient (Wildman–Crippen LogP) is 2.28. The molecule has 20 heavy (non-hydrogen) atoms. The van der Waals surface area contributed by atoms with Gasteiger partial charge >= 0.3 is 0 Å². The van der Waals surface area contributed by atoms with Gasteiger partial charge in [-0.05, 0) is 42.8 Å². The molecule has 0 radical (unpaired) electrons. The van der Waals surface area contributed by atoms with Crippen LogP contribution in [0.2, 0.25) is 0 Å². The molecule has 4 heterocycles. The molecule has 1 aromatic rings. The van der Waals surface area contributed by atoms with Crippen LogP contribution in [0.5, 0.6) is 0 Å². The van der Waals surface area contributed by atoms with Gasteiger partial charge in [-0.1, -0.05) is 12.1 Å². The molecule has 4 aliphatic heterocycles. The smallest absolute Gasteiger partial charge is 0.171 e. The molecule has 3 nitrogen and oxygen atoms in total. The Morgan fingerprint density at radius 2 is 2.05 bits per heavy atom. The van der Waals surface area contributed by atoms with E-state index in [9.17, 15) is 4.39 Å². The first-order chi connectivity index (χ1) is 9.72. The van der Waals surface area contributed by atoms with Crippen LogP contribution in [0.15, 0.2) is 35.7 Å². The van der Waals surface area contributed by atoms with Crippen molar-refractivity contribution in [2.45, 2.75) is 18.9 Å². The van der Waals surface area contributed by atoms with Crippen molar-refractivity contribution in [2.24, 2.45) is 5.92 Å². The highest BCUT2D eigenvalue weighted by atomic mass is 32.1. The largest absolute Gasteiger partial charge is 0.371 e. The van der Waals surface area contributed by atoms with Crippen LogP contribution >= 0.6 is 12.2 Å². The van der Waals surface area contributed by atoms with Crippen molar-refractivity contribution in [3.63, 3.8) is 0 Å². The Balaban J connectivity index is 1.82. The summed E-state index contributed by atoms with van der Waals surface area (Å²) in [5.74, 6) is 0.373. The third-order valence-corrected chi connectivity index (χ3v) is 4.72. The fourth-order valence-corrected chi connectivity index (χ4v) is 3.81. The van der Waals surface area contributed by atoms with Gasteiger partial charge in [0, 0.05) is 24.7 Å². The van der Waals surface area contributed by atoms with Crippen LogP contribution in [-0.4, -0.2) is 23.1 Å². The summed E-state index contributed by atoms with van der Waals surface area (Å²) in [4.78, 5) is 2.41. The summed E-state index contributed by atoms with van der Waals surface area (Å²) >= 11 is 5.33. The SMILES string of the molecule is Fc1cccc([C@H]2NC(=S)NC3=C2N2CCC3CC2)c1. The van der Waals surface area contributed by atoms with Crippen molar-refractivity contribution in [1.29, 1.82) is 0 Å². The monoisotopic (exact) mass is 289 g/mol. The Bertz CT molecular complexity index is 605. The maximum Gasteiger partial charge on any atom is 0.171 e. The molecule has 1 saturated heterocycles. The molecule has 0 aliphatic carbocycles. The Labute approximate surface area is 122 Å². The Morgan fingerprint density at radius 1 is 1.25 bits per heavy atom. The lowest BCUT2D eigenvalue weighted by Crippen LogP contribution is -2.55. The normalized spacial score (nSPS) is 25.4. The molecule has 2 bridgehead atoms. The second kappa shape index (κ2) is 4.45. The Kier molecular flexibility index (Phi) is 2.70. The van der Waals surface area contributed by atoms with Gasteiger partial charge in [0.15, 0.2) is 5.11 Å². The number of rotatable bonds is 1. The predicted molar refractivity (Wildman–Crippen MR) is 79.3 cm³/mol. The lowest BCUT2D eigenvalue weighted by molar-refractivity contribution is 0.181. The molecule has 0 aromatic heterocycles. The van der Waals surface area contributed by atoms with Gasteiger partial charge in [-0.3, -0.25) is 0 Å². The Hall–Kier alpha value is -1.62. The summed E-state index contributed by atoms with van der Waals surface area (Å²) in [6.07, 6.45) is 2.37. The molecule has 1 fully saturated rings. The number of hydrogen-bond acceptors (Lipinski definition) is 2. The van der Waals surface area contributed by atoms with Crippen LogP contribution in [0.3, 0.4) is 0 Å². The van der Waals surface area contributed by atoms with Crippen LogP contribution in [0, 0.1) is 11.7 Å². The highest BCUT2D eigenvalue weighted by molar-refractivity contribution is 7.80. The maximum atomic E-state index is 13.5. The summed E-state index contributed by atoms with van der Waals surface area (Å²) in [6, 6.07) is 6.76. The molecule has 0 spiro atoms. The summed E-state index contributed by atoms with van der Waals surface area (Å²) in [7, 11) is 0. The highest BCUT2D eigenvalue weighted by Gasteiger charge is 2.40. The van der Waals surface area contributed by atoms with Gasteiger partial charge < -0.3 is 15.5 Å². The topological polar surface area (TPSA) is 27.3 Å². The lowest BCUT2D eigenvalue weighted by Gasteiger charge is -2.49. The number of halogens is 1. The van der Waals surface area contributed by atoms with Gasteiger partial charge in [0.05, 0.1) is 11.7 Å². The minimum atomic E-state index is -0.202. The Morgan fingerprint density at radius 3 is 2.80 bits per heavy atom. The molecule has 2 N–H and O–H groups in total. The fraction of sp³-hybridized carbons (Fsp3) is 0.400. The average Bonchev–Trinajstić information content (AvgIpc) is 2.47. The second-order valence-corrected chi connectivity index (χ2v) is 6.05. The zero-order chi connectivity index (χ0) is 13.7. The molecule has 5 rings (SSSR count). The van der Waals surface area contributed by atoms with Crippen molar-refractivity contribution in [3.8, 4) is 0 Å². The van der Waals surface area contributed by atoms with Crippen LogP contribution in [0.25, 0.3) is 0 Å². The van der Waals surface area contributed by atoms with E-state index in [2.05, 4.69) is 15.5 Å². The average molecular weight is 289 g/mol. The third kappa shape index (κ3) is 1.80. The fourth-order valence-electron chi connectivity index (χ4n) is 3.58. The van der Waals surface area contributed by atoms with Crippen molar-refractivity contribution in [3.05, 3.63) is 47.0 Å². The molecule has 5 heteroatoms. The van der Waals surface area contributed by atoms with Crippen LogP contribution in [0.4, 0.5) is 4.39 Å². The number of nitrogens with one attached hydrogen (secondary N) is 2. The van der Waals surface area contributed by atoms with Crippen LogP contribution in [0.1, 0.15) is 24.4 Å². The zero-order valence-electron chi connectivity index (χ0n) is 11.0. The number of nitrogens with zero attached hydrogens (tertiary/aromatic N) is 1. The van der Waals surface area contributed by atoms with E-state index in [4.69, 9.17) is 12.2 Å². The van der Waals surface area contributed by atoms with E-state index in [-0.39, 0.29) is 11.9 Å². The lowest BCUT2D eigenvalue weighted by atomic mass is 9.83. The van der Waals surface area contributed by atoms with Crippen molar-refractivity contribution in [2.75, 3.05) is 13.1 Å². The maximum absolute atomic E-state index is 13.5. The number of hydrogen-bond donors (Lipinski definition) is 2. The standard InChI is InChI=1S/C15H16FN3S/c16-11-3-1-2-10(8-11)13-14-12(17-15(20)18-13)9-4-6-19(14)7-5-9/h1-3,8-9,13H,4-7H2,(H2,17,18,20)/t13-/m1/s1. The van der Waals surface area contributed by atoms with E-state index in [1.807, 2.05) is 6.07 Å². The van der Waals surface area contributed by atoms with E-state index in [1.165, 1.54) is 30.3 Å². The number of piperidine rings is 1. The molecular formula is C15H16FN3S. The van der Waals surface area contributed by atoms with Crippen LogP contribution in [-0.2, 0) is 0 Å². The van der Waals surface area contributed by atoms with Gasteiger partial charge in [0.1, 0.15) is 5.82 Å². The molecule has 0 amide bonds. The first kappa shape index (κ1) is 12.1. The molecule has 104 valence electrons. The molecule has 1 aromatic carbocycles. The molecule has 0 unspecified atom stereocenters.